The maximum Gasteiger partial charge on any atom is 0.142 e. The van der Waals surface area contributed by atoms with Gasteiger partial charge in [-0.3, -0.25) is 4.79 Å². The highest BCUT2D eigenvalue weighted by atomic mass is 16.1. The minimum Gasteiger partial charge on any atom is -0.299 e. The van der Waals surface area contributed by atoms with E-state index in [1.807, 2.05) is 6.92 Å². The molecule has 1 rings (SSSR count). The molecule has 1 fully saturated rings. The van der Waals surface area contributed by atoms with E-state index >= 15 is 0 Å². The van der Waals surface area contributed by atoms with Crippen LogP contribution in [0.1, 0.15) is 32.6 Å². The smallest absolute Gasteiger partial charge is 0.142 e. The van der Waals surface area contributed by atoms with Gasteiger partial charge in [0, 0.05) is 11.8 Å². The molecule has 0 aromatic rings. The summed E-state index contributed by atoms with van der Waals surface area (Å²) < 4.78 is 0. The SMILES string of the molecule is C=C[C@@]1(C)CCCCC1=O. The number of rotatable bonds is 1. The molecular weight excluding hydrogens is 124 g/mol. The Morgan fingerprint density at radius 3 is 2.70 bits per heavy atom. The fraction of sp³-hybridized carbons (Fsp3) is 0.667. The average molecular weight is 138 g/mol. The van der Waals surface area contributed by atoms with Gasteiger partial charge >= 0.3 is 0 Å². The van der Waals surface area contributed by atoms with Crippen LogP contribution in [0.3, 0.4) is 0 Å². The van der Waals surface area contributed by atoms with Crippen molar-refractivity contribution in [3.05, 3.63) is 12.7 Å². The molecule has 0 aromatic carbocycles. The Hall–Kier alpha value is -0.590. The van der Waals surface area contributed by atoms with Gasteiger partial charge < -0.3 is 0 Å². The topological polar surface area (TPSA) is 17.1 Å². The van der Waals surface area contributed by atoms with E-state index in [1.54, 1.807) is 6.08 Å². The zero-order valence-corrected chi connectivity index (χ0v) is 6.52. The summed E-state index contributed by atoms with van der Waals surface area (Å²) in [5, 5.41) is 0. The van der Waals surface area contributed by atoms with E-state index in [-0.39, 0.29) is 5.41 Å². The van der Waals surface area contributed by atoms with E-state index in [1.165, 1.54) is 6.42 Å². The lowest BCUT2D eigenvalue weighted by Gasteiger charge is -2.28. The lowest BCUT2D eigenvalue weighted by molar-refractivity contribution is -0.127. The van der Waals surface area contributed by atoms with Gasteiger partial charge in [-0.2, -0.15) is 0 Å². The molecular formula is C9H14O. The first kappa shape index (κ1) is 7.52. The predicted octanol–water partition coefficient (Wildman–Crippen LogP) is 2.32. The first-order valence-electron chi connectivity index (χ1n) is 3.86. The molecule has 1 nitrogen and oxygen atoms in total. The summed E-state index contributed by atoms with van der Waals surface area (Å²) in [5.41, 5.74) is -0.196. The Labute approximate surface area is 62.1 Å². The van der Waals surface area contributed by atoms with Crippen molar-refractivity contribution in [2.45, 2.75) is 32.6 Å². The Balaban J connectivity index is 2.72. The molecule has 0 radical (unpaired) electrons. The molecule has 0 amide bonds. The maximum atomic E-state index is 11.3. The molecule has 1 aliphatic rings. The van der Waals surface area contributed by atoms with Crippen molar-refractivity contribution in [3.63, 3.8) is 0 Å². The molecule has 1 aliphatic carbocycles. The number of Topliss-reactive ketones (excluding diaryl/α,β-unsaturated/α-hetero) is 1. The van der Waals surface area contributed by atoms with Gasteiger partial charge in [-0.15, -0.1) is 6.58 Å². The normalized spacial score (nSPS) is 33.9. The molecule has 1 heteroatoms. The van der Waals surface area contributed by atoms with Crippen LogP contribution in [-0.4, -0.2) is 5.78 Å². The molecule has 10 heavy (non-hydrogen) atoms. The zero-order chi connectivity index (χ0) is 7.61. The lowest BCUT2D eigenvalue weighted by atomic mass is 9.75. The molecule has 0 aromatic heterocycles. The molecule has 0 spiro atoms. The number of ketones is 1. The molecule has 0 aliphatic heterocycles. The van der Waals surface area contributed by atoms with Crippen LogP contribution in [0.4, 0.5) is 0 Å². The third-order valence-corrected chi connectivity index (χ3v) is 2.44. The molecule has 0 bridgehead atoms. The van der Waals surface area contributed by atoms with E-state index in [0.29, 0.717) is 5.78 Å². The van der Waals surface area contributed by atoms with Crippen molar-refractivity contribution in [2.24, 2.45) is 5.41 Å². The van der Waals surface area contributed by atoms with Crippen molar-refractivity contribution >= 4 is 5.78 Å². The summed E-state index contributed by atoms with van der Waals surface area (Å²) in [5.74, 6) is 0.369. The van der Waals surface area contributed by atoms with Gasteiger partial charge in [-0.05, 0) is 19.8 Å². The van der Waals surface area contributed by atoms with Crippen molar-refractivity contribution in [3.8, 4) is 0 Å². The van der Waals surface area contributed by atoms with Crippen molar-refractivity contribution in [1.29, 1.82) is 0 Å². The second-order valence-corrected chi connectivity index (χ2v) is 3.25. The Morgan fingerprint density at radius 1 is 1.60 bits per heavy atom. The first-order chi connectivity index (χ1) is 4.69. The van der Waals surface area contributed by atoms with Crippen LogP contribution in [0, 0.1) is 5.41 Å². The van der Waals surface area contributed by atoms with E-state index in [9.17, 15) is 4.79 Å². The average Bonchev–Trinajstić information content (AvgIpc) is 1.96. The van der Waals surface area contributed by atoms with Crippen LogP contribution in [-0.2, 0) is 4.79 Å². The number of carbonyl (C=O) groups is 1. The van der Waals surface area contributed by atoms with Crippen LogP contribution < -0.4 is 0 Å². The highest BCUT2D eigenvalue weighted by Crippen LogP contribution is 2.33. The fourth-order valence-corrected chi connectivity index (χ4v) is 1.42. The Kier molecular flexibility index (Phi) is 1.93. The van der Waals surface area contributed by atoms with Gasteiger partial charge in [0.05, 0.1) is 0 Å². The van der Waals surface area contributed by atoms with Gasteiger partial charge in [0.15, 0.2) is 0 Å². The van der Waals surface area contributed by atoms with Crippen LogP contribution in [0.25, 0.3) is 0 Å². The lowest BCUT2D eigenvalue weighted by Crippen LogP contribution is -2.28. The summed E-state index contributed by atoms with van der Waals surface area (Å²) in [6.07, 6.45) is 5.79. The molecule has 0 N–H and O–H groups in total. The molecule has 1 saturated carbocycles. The summed E-state index contributed by atoms with van der Waals surface area (Å²) >= 11 is 0. The van der Waals surface area contributed by atoms with E-state index in [2.05, 4.69) is 6.58 Å². The number of allylic oxidation sites excluding steroid dienone is 1. The third-order valence-electron chi connectivity index (χ3n) is 2.44. The second-order valence-electron chi connectivity index (χ2n) is 3.25. The summed E-state index contributed by atoms with van der Waals surface area (Å²) in [6, 6.07) is 0. The van der Waals surface area contributed by atoms with Crippen LogP contribution in [0.2, 0.25) is 0 Å². The summed E-state index contributed by atoms with van der Waals surface area (Å²) in [6.45, 7) is 5.67. The van der Waals surface area contributed by atoms with Crippen LogP contribution in [0.5, 0.6) is 0 Å². The van der Waals surface area contributed by atoms with Crippen molar-refractivity contribution in [2.75, 3.05) is 0 Å². The van der Waals surface area contributed by atoms with E-state index in [0.717, 1.165) is 19.3 Å². The van der Waals surface area contributed by atoms with Gasteiger partial charge in [-0.25, -0.2) is 0 Å². The van der Waals surface area contributed by atoms with Gasteiger partial charge in [0.1, 0.15) is 5.78 Å². The van der Waals surface area contributed by atoms with Crippen LogP contribution >= 0.6 is 0 Å². The highest BCUT2D eigenvalue weighted by Gasteiger charge is 2.31. The minimum absolute atomic E-state index is 0.196. The molecule has 0 heterocycles. The summed E-state index contributed by atoms with van der Waals surface area (Å²) in [7, 11) is 0. The summed E-state index contributed by atoms with van der Waals surface area (Å²) in [4.78, 5) is 11.3. The third kappa shape index (κ3) is 1.13. The Morgan fingerprint density at radius 2 is 2.30 bits per heavy atom. The second kappa shape index (κ2) is 2.57. The number of hydrogen-bond acceptors (Lipinski definition) is 1. The standard InChI is InChI=1S/C9H14O/c1-3-9(2)7-5-4-6-8(9)10/h3H,1,4-7H2,2H3/t9-/m0/s1. The van der Waals surface area contributed by atoms with E-state index in [4.69, 9.17) is 0 Å². The number of hydrogen-bond donors (Lipinski definition) is 0. The number of carbonyl (C=O) groups excluding carboxylic acids is 1. The fourth-order valence-electron chi connectivity index (χ4n) is 1.42. The van der Waals surface area contributed by atoms with Crippen molar-refractivity contribution in [1.82, 2.24) is 0 Å². The van der Waals surface area contributed by atoms with Crippen molar-refractivity contribution < 1.29 is 4.79 Å². The van der Waals surface area contributed by atoms with E-state index < -0.39 is 0 Å². The molecule has 0 unspecified atom stereocenters. The maximum absolute atomic E-state index is 11.3. The van der Waals surface area contributed by atoms with Gasteiger partial charge in [0.2, 0.25) is 0 Å². The Bertz CT molecular complexity index is 160. The van der Waals surface area contributed by atoms with Gasteiger partial charge in [-0.1, -0.05) is 12.5 Å². The molecule has 1 atom stereocenters. The monoisotopic (exact) mass is 138 g/mol. The predicted molar refractivity (Wildman–Crippen MR) is 41.8 cm³/mol. The largest absolute Gasteiger partial charge is 0.299 e. The van der Waals surface area contributed by atoms with Crippen LogP contribution in [0.15, 0.2) is 12.7 Å². The quantitative estimate of drug-likeness (QED) is 0.508. The highest BCUT2D eigenvalue weighted by molar-refractivity contribution is 5.86. The zero-order valence-electron chi connectivity index (χ0n) is 6.52. The van der Waals surface area contributed by atoms with Gasteiger partial charge in [0.25, 0.3) is 0 Å². The molecule has 56 valence electrons. The first-order valence-corrected chi connectivity index (χ1v) is 3.86. The minimum atomic E-state index is -0.196. The molecule has 0 saturated heterocycles.